The molecule has 0 aromatic rings. The summed E-state index contributed by atoms with van der Waals surface area (Å²) in [5, 5.41) is 9.00. The molecule has 0 aliphatic heterocycles. The summed E-state index contributed by atoms with van der Waals surface area (Å²) in [4.78, 5) is 0. The first-order chi connectivity index (χ1) is 12.4. The molecule has 0 saturated carbocycles. The molecule has 0 aliphatic rings. The van der Waals surface area contributed by atoms with Crippen molar-refractivity contribution < 1.29 is 69.5 Å². The van der Waals surface area contributed by atoms with Crippen LogP contribution in [-0.4, -0.2) is 29.4 Å². The maximum atomic E-state index is 11.4. The van der Waals surface area contributed by atoms with E-state index in [9.17, 15) is 18.1 Å². The van der Waals surface area contributed by atoms with Crippen LogP contribution in [0.2, 0.25) is 0 Å². The minimum absolute atomic E-state index is 0. The predicted molar refractivity (Wildman–Crippen MR) is 109 cm³/mol. The van der Waals surface area contributed by atoms with Gasteiger partial charge in [-0.05, 0) is 12.8 Å². The molecule has 0 fully saturated rings. The Hall–Kier alpha value is 1.51. The maximum Gasteiger partial charge on any atom is 1.00 e. The molecule has 1 N–H and O–H groups in total. The second-order valence-corrected chi connectivity index (χ2v) is 9.36. The smallest absolute Gasteiger partial charge is 0.748 e. The zero-order chi connectivity index (χ0) is 19.7. The summed E-state index contributed by atoms with van der Waals surface area (Å²) in [6, 6.07) is 0. The fraction of sp³-hybridized carbons (Fsp3) is 1.00. The second-order valence-electron chi connectivity index (χ2n) is 7.77. The number of aliphatic hydroxyl groups is 1. The van der Waals surface area contributed by atoms with E-state index in [0.717, 1.165) is 32.1 Å². The number of hydrogen-bond acceptors (Lipinski definition) is 4. The summed E-state index contributed by atoms with van der Waals surface area (Å²) in [7, 11) is -4.41. The van der Waals surface area contributed by atoms with Crippen molar-refractivity contribution in [3.63, 3.8) is 0 Å². The Morgan fingerprint density at radius 1 is 0.667 bits per heavy atom. The van der Waals surface area contributed by atoms with Crippen LogP contribution in [0.15, 0.2) is 0 Å². The maximum absolute atomic E-state index is 11.4. The summed E-state index contributed by atoms with van der Waals surface area (Å²) in [6.45, 7) is 4.27. The molecule has 4 nitrogen and oxygen atoms in total. The molecular formula is C21H43KO4S. The van der Waals surface area contributed by atoms with Crippen LogP contribution in [0, 0.1) is 0 Å². The Morgan fingerprint density at radius 3 is 1.41 bits per heavy atom. The molecule has 6 heteroatoms. The predicted octanol–water partition coefficient (Wildman–Crippen LogP) is 2.94. The summed E-state index contributed by atoms with van der Waals surface area (Å²) in [6.07, 6.45) is 17.1. The summed E-state index contributed by atoms with van der Waals surface area (Å²) in [5.41, 5.74) is 0. The Labute approximate surface area is 211 Å². The molecular weight excluding hydrogens is 387 g/mol. The van der Waals surface area contributed by atoms with Crippen LogP contribution >= 0.6 is 0 Å². The molecule has 158 valence electrons. The molecule has 0 spiro atoms. The van der Waals surface area contributed by atoms with Crippen molar-refractivity contribution in [3.05, 3.63) is 0 Å². The van der Waals surface area contributed by atoms with Gasteiger partial charge in [-0.2, -0.15) is 0 Å². The Balaban J connectivity index is 0. The van der Waals surface area contributed by atoms with Crippen LogP contribution in [0.25, 0.3) is 0 Å². The quantitative estimate of drug-likeness (QED) is 0.194. The van der Waals surface area contributed by atoms with E-state index in [1.807, 2.05) is 6.92 Å². The van der Waals surface area contributed by atoms with E-state index in [1.165, 1.54) is 57.8 Å². The second kappa shape index (κ2) is 20.8. The van der Waals surface area contributed by atoms with E-state index in [0.29, 0.717) is 19.3 Å². The number of unbranched alkanes of at least 4 members (excludes halogenated alkanes) is 13. The fourth-order valence-electron chi connectivity index (χ4n) is 3.50. The van der Waals surface area contributed by atoms with Gasteiger partial charge in [0.15, 0.2) is 0 Å². The fourth-order valence-corrected chi connectivity index (χ4v) is 4.48. The molecule has 0 heterocycles. The third kappa shape index (κ3) is 19.2. The Morgan fingerprint density at radius 2 is 1.00 bits per heavy atom. The van der Waals surface area contributed by atoms with Crippen molar-refractivity contribution in [2.24, 2.45) is 0 Å². The summed E-state index contributed by atoms with van der Waals surface area (Å²) in [5.74, 6) is 0. The van der Waals surface area contributed by atoms with Gasteiger partial charge in [-0.1, -0.05) is 110 Å². The molecule has 0 rings (SSSR count). The van der Waals surface area contributed by atoms with Crippen molar-refractivity contribution in [3.8, 4) is 0 Å². The van der Waals surface area contributed by atoms with Gasteiger partial charge in [0, 0.05) is 0 Å². The van der Waals surface area contributed by atoms with E-state index >= 15 is 0 Å². The van der Waals surface area contributed by atoms with Gasteiger partial charge in [-0.15, -0.1) is 0 Å². The van der Waals surface area contributed by atoms with Gasteiger partial charge in [0.1, 0.15) is 10.1 Å². The largest absolute Gasteiger partial charge is 1.00 e. The molecule has 27 heavy (non-hydrogen) atoms. The van der Waals surface area contributed by atoms with Gasteiger partial charge >= 0.3 is 51.4 Å². The number of aliphatic hydroxyl groups excluding tert-OH is 1. The van der Waals surface area contributed by atoms with E-state index in [-0.39, 0.29) is 51.4 Å². The molecule has 0 amide bonds. The van der Waals surface area contributed by atoms with Crippen LogP contribution in [0.5, 0.6) is 0 Å². The molecule has 0 aromatic heterocycles. The van der Waals surface area contributed by atoms with Crippen LogP contribution in [0.4, 0.5) is 0 Å². The summed E-state index contributed by atoms with van der Waals surface area (Å²) >= 11 is 0. The van der Waals surface area contributed by atoms with Gasteiger partial charge < -0.3 is 9.66 Å². The van der Waals surface area contributed by atoms with Gasteiger partial charge in [-0.25, -0.2) is 8.42 Å². The van der Waals surface area contributed by atoms with E-state index in [4.69, 9.17) is 0 Å². The van der Waals surface area contributed by atoms with Gasteiger partial charge in [0.05, 0.1) is 11.4 Å². The van der Waals surface area contributed by atoms with Gasteiger partial charge in [0.2, 0.25) is 0 Å². The first-order valence-electron chi connectivity index (χ1n) is 11.1. The third-order valence-corrected chi connectivity index (χ3v) is 6.54. The Bertz CT molecular complexity index is 401. The van der Waals surface area contributed by atoms with Crippen LogP contribution in [0.1, 0.15) is 123 Å². The average molecular weight is 431 g/mol. The Kier molecular flexibility index (Phi) is 23.6. The monoisotopic (exact) mass is 430 g/mol. The van der Waals surface area contributed by atoms with Crippen LogP contribution in [0.3, 0.4) is 0 Å². The molecule has 0 saturated heterocycles. The number of rotatable bonds is 19. The molecule has 0 aliphatic carbocycles. The van der Waals surface area contributed by atoms with Crippen molar-refractivity contribution in [2.75, 3.05) is 0 Å². The zero-order valence-corrected chi connectivity index (χ0v) is 22.2. The van der Waals surface area contributed by atoms with E-state index in [2.05, 4.69) is 6.92 Å². The van der Waals surface area contributed by atoms with Crippen LogP contribution < -0.4 is 51.4 Å². The first kappa shape index (κ1) is 30.7. The van der Waals surface area contributed by atoms with Crippen molar-refractivity contribution in [1.82, 2.24) is 0 Å². The summed E-state index contributed by atoms with van der Waals surface area (Å²) < 4.78 is 34.1. The first-order valence-corrected chi connectivity index (χ1v) is 12.5. The minimum atomic E-state index is -4.41. The SMILES string of the molecule is CCCCCCCCCCCCCCC(O)C(CCCCC)S(=O)(=O)[O-].[K+]. The molecule has 0 radical (unpaired) electrons. The van der Waals surface area contributed by atoms with E-state index < -0.39 is 21.5 Å². The normalized spacial score (nSPS) is 13.9. The molecule has 2 atom stereocenters. The molecule has 0 bridgehead atoms. The van der Waals surface area contributed by atoms with Crippen molar-refractivity contribution in [2.45, 2.75) is 134 Å². The number of hydrogen-bond donors (Lipinski definition) is 1. The molecule has 2 unspecified atom stereocenters. The van der Waals surface area contributed by atoms with Crippen LogP contribution in [-0.2, 0) is 10.1 Å². The molecule has 0 aromatic carbocycles. The average Bonchev–Trinajstić information content (AvgIpc) is 2.58. The van der Waals surface area contributed by atoms with E-state index in [1.54, 1.807) is 0 Å². The van der Waals surface area contributed by atoms with Gasteiger partial charge in [0.25, 0.3) is 0 Å². The van der Waals surface area contributed by atoms with Crippen molar-refractivity contribution in [1.29, 1.82) is 0 Å². The third-order valence-electron chi connectivity index (χ3n) is 5.25. The van der Waals surface area contributed by atoms with Crippen molar-refractivity contribution >= 4 is 10.1 Å². The minimum Gasteiger partial charge on any atom is -0.748 e. The zero-order valence-electron chi connectivity index (χ0n) is 18.3. The topological polar surface area (TPSA) is 77.4 Å². The van der Waals surface area contributed by atoms with Gasteiger partial charge in [-0.3, -0.25) is 0 Å². The standard InChI is InChI=1S/C21H44O4S.K/c1-3-5-7-8-9-10-11-12-13-14-15-17-18-20(22)21(26(23,24)25)19-16-6-4-2;/h20-22H,3-19H2,1-2H3,(H,23,24,25);/q;+1/p-1.